The van der Waals surface area contributed by atoms with E-state index in [9.17, 15) is 17.2 Å². The zero-order valence-electron chi connectivity index (χ0n) is 10.8. The number of hydrogen-bond donors (Lipinski definition) is 1. The highest BCUT2D eigenvalue weighted by molar-refractivity contribution is 7.89. The van der Waals surface area contributed by atoms with Crippen LogP contribution in [-0.2, 0) is 16.6 Å². The highest BCUT2D eigenvalue weighted by Crippen LogP contribution is 2.19. The van der Waals surface area contributed by atoms with Gasteiger partial charge >= 0.3 is 0 Å². The van der Waals surface area contributed by atoms with Gasteiger partial charge in [0.15, 0.2) is 17.4 Å². The molecular formula is C12H12F2N2O3S. The highest BCUT2D eigenvalue weighted by atomic mass is 32.2. The van der Waals surface area contributed by atoms with E-state index in [4.69, 9.17) is 4.52 Å². The van der Waals surface area contributed by atoms with E-state index in [2.05, 4.69) is 9.88 Å². The Bertz CT molecular complexity index is 722. The van der Waals surface area contributed by atoms with Crippen LogP contribution in [-0.4, -0.2) is 13.6 Å². The van der Waals surface area contributed by atoms with Crippen LogP contribution in [0.15, 0.2) is 27.6 Å². The number of halogens is 2. The van der Waals surface area contributed by atoms with Crippen LogP contribution in [0, 0.1) is 25.5 Å². The maximum Gasteiger partial charge on any atom is 0.246 e. The third kappa shape index (κ3) is 2.86. The number of nitrogens with one attached hydrogen (secondary N) is 1. The predicted molar refractivity (Wildman–Crippen MR) is 66.4 cm³/mol. The van der Waals surface area contributed by atoms with Gasteiger partial charge in [0.2, 0.25) is 10.0 Å². The van der Waals surface area contributed by atoms with Crippen molar-refractivity contribution in [2.45, 2.75) is 25.3 Å². The fraction of sp³-hybridized carbons (Fsp3) is 0.250. The molecule has 0 aliphatic carbocycles. The third-order valence-corrected chi connectivity index (χ3v) is 4.33. The topological polar surface area (TPSA) is 72.2 Å². The molecule has 5 nitrogen and oxygen atoms in total. The van der Waals surface area contributed by atoms with E-state index in [-0.39, 0.29) is 22.9 Å². The number of hydrogen-bond acceptors (Lipinski definition) is 4. The summed E-state index contributed by atoms with van der Waals surface area (Å²) in [5.41, 5.74) is 0.541. The summed E-state index contributed by atoms with van der Waals surface area (Å²) < 4.78 is 57.0. The van der Waals surface area contributed by atoms with E-state index in [1.807, 2.05) is 0 Å². The minimum atomic E-state index is -3.82. The molecule has 0 amide bonds. The van der Waals surface area contributed by atoms with Crippen LogP contribution >= 0.6 is 0 Å². The SMILES string of the molecule is Cc1noc(C)c1S(=O)(=O)NCc1ccc(F)c(F)c1. The van der Waals surface area contributed by atoms with E-state index in [1.54, 1.807) is 0 Å². The van der Waals surface area contributed by atoms with Gasteiger partial charge < -0.3 is 4.52 Å². The van der Waals surface area contributed by atoms with Gasteiger partial charge in [0.25, 0.3) is 0 Å². The zero-order valence-corrected chi connectivity index (χ0v) is 11.6. The molecule has 0 fully saturated rings. The number of aromatic nitrogens is 1. The van der Waals surface area contributed by atoms with Crippen molar-refractivity contribution in [1.82, 2.24) is 9.88 Å². The van der Waals surface area contributed by atoms with E-state index in [0.717, 1.165) is 12.1 Å². The largest absolute Gasteiger partial charge is 0.360 e. The van der Waals surface area contributed by atoms with E-state index in [0.29, 0.717) is 5.56 Å². The molecule has 0 atom stereocenters. The lowest BCUT2D eigenvalue weighted by Gasteiger charge is -2.06. The molecule has 0 radical (unpaired) electrons. The second kappa shape index (κ2) is 5.29. The monoisotopic (exact) mass is 302 g/mol. The second-order valence-electron chi connectivity index (χ2n) is 4.23. The molecule has 1 aromatic carbocycles. The lowest BCUT2D eigenvalue weighted by Crippen LogP contribution is -2.24. The summed E-state index contributed by atoms with van der Waals surface area (Å²) in [6, 6.07) is 3.17. The van der Waals surface area contributed by atoms with Gasteiger partial charge in [0.1, 0.15) is 10.6 Å². The third-order valence-electron chi connectivity index (χ3n) is 2.69. The molecule has 0 aliphatic rings. The Morgan fingerprint density at radius 1 is 1.25 bits per heavy atom. The van der Waals surface area contributed by atoms with E-state index < -0.39 is 21.7 Å². The van der Waals surface area contributed by atoms with Crippen LogP contribution in [0.3, 0.4) is 0 Å². The molecule has 0 spiro atoms. The maximum absolute atomic E-state index is 13.0. The lowest BCUT2D eigenvalue weighted by atomic mass is 10.2. The van der Waals surface area contributed by atoms with E-state index >= 15 is 0 Å². The summed E-state index contributed by atoms with van der Waals surface area (Å²) in [4.78, 5) is -0.0416. The van der Waals surface area contributed by atoms with Gasteiger partial charge in [0, 0.05) is 6.54 Å². The quantitative estimate of drug-likeness (QED) is 0.938. The lowest BCUT2D eigenvalue weighted by molar-refractivity contribution is 0.390. The maximum atomic E-state index is 13.0. The number of benzene rings is 1. The van der Waals surface area contributed by atoms with Gasteiger partial charge in [-0.1, -0.05) is 11.2 Å². The van der Waals surface area contributed by atoms with Crippen molar-refractivity contribution in [2.75, 3.05) is 0 Å². The van der Waals surface area contributed by atoms with Gasteiger partial charge in [-0.05, 0) is 31.5 Å². The van der Waals surface area contributed by atoms with Gasteiger partial charge in [-0.25, -0.2) is 21.9 Å². The summed E-state index contributed by atoms with van der Waals surface area (Å²) in [7, 11) is -3.82. The van der Waals surface area contributed by atoms with Gasteiger partial charge in [0.05, 0.1) is 0 Å². The smallest absolute Gasteiger partial charge is 0.246 e. The Hall–Kier alpha value is -1.80. The van der Waals surface area contributed by atoms with Crippen LogP contribution in [0.25, 0.3) is 0 Å². The summed E-state index contributed by atoms with van der Waals surface area (Å²) >= 11 is 0. The first-order valence-corrected chi connectivity index (χ1v) is 7.16. The molecule has 0 saturated carbocycles. The van der Waals surface area contributed by atoms with Crippen molar-refractivity contribution in [2.24, 2.45) is 0 Å². The minimum absolute atomic E-state index is 0.0416. The molecule has 0 bridgehead atoms. The van der Waals surface area contributed by atoms with Crippen molar-refractivity contribution in [3.8, 4) is 0 Å². The van der Waals surface area contributed by atoms with Crippen LogP contribution in [0.2, 0.25) is 0 Å². The Morgan fingerprint density at radius 2 is 1.95 bits per heavy atom. The Kier molecular flexibility index (Phi) is 3.87. The molecule has 1 heterocycles. The molecule has 0 unspecified atom stereocenters. The molecule has 1 aromatic heterocycles. The molecular weight excluding hydrogens is 290 g/mol. The Morgan fingerprint density at radius 3 is 2.50 bits per heavy atom. The molecule has 108 valence electrons. The first-order valence-electron chi connectivity index (χ1n) is 5.67. The van der Waals surface area contributed by atoms with Crippen LogP contribution in [0.5, 0.6) is 0 Å². The predicted octanol–water partition coefficient (Wildman–Crippen LogP) is 2.05. The van der Waals surface area contributed by atoms with E-state index in [1.165, 1.54) is 19.9 Å². The molecule has 1 N–H and O–H groups in total. The molecule has 20 heavy (non-hydrogen) atoms. The van der Waals surface area contributed by atoms with Crippen LogP contribution < -0.4 is 4.72 Å². The van der Waals surface area contributed by atoms with Gasteiger partial charge in [-0.3, -0.25) is 0 Å². The number of rotatable bonds is 4. The van der Waals surface area contributed by atoms with Crippen LogP contribution in [0.4, 0.5) is 8.78 Å². The first-order chi connectivity index (χ1) is 9.31. The molecule has 2 rings (SSSR count). The molecule has 0 aliphatic heterocycles. The highest BCUT2D eigenvalue weighted by Gasteiger charge is 2.23. The van der Waals surface area contributed by atoms with Crippen molar-refractivity contribution in [3.05, 3.63) is 46.9 Å². The van der Waals surface area contributed by atoms with Crippen molar-refractivity contribution in [3.63, 3.8) is 0 Å². The number of aryl methyl sites for hydroxylation is 2. The minimum Gasteiger partial charge on any atom is -0.360 e. The second-order valence-corrected chi connectivity index (χ2v) is 5.93. The first kappa shape index (κ1) is 14.6. The normalized spacial score (nSPS) is 11.8. The summed E-state index contributed by atoms with van der Waals surface area (Å²) in [6.45, 7) is 2.82. The number of nitrogens with zero attached hydrogens (tertiary/aromatic N) is 1. The number of sulfonamides is 1. The average Bonchev–Trinajstić information content (AvgIpc) is 2.71. The van der Waals surface area contributed by atoms with Crippen molar-refractivity contribution < 1.29 is 21.7 Å². The van der Waals surface area contributed by atoms with Gasteiger partial charge in [-0.2, -0.15) is 0 Å². The Balaban J connectivity index is 2.19. The standard InChI is InChI=1S/C12H12F2N2O3S/c1-7-12(8(2)19-16-7)20(17,18)15-6-9-3-4-10(13)11(14)5-9/h3-5,15H,6H2,1-2H3. The van der Waals surface area contributed by atoms with Gasteiger partial charge in [-0.15, -0.1) is 0 Å². The summed E-state index contributed by atoms with van der Waals surface area (Å²) in [6.07, 6.45) is 0. The van der Waals surface area contributed by atoms with Crippen molar-refractivity contribution >= 4 is 10.0 Å². The fourth-order valence-electron chi connectivity index (χ4n) is 1.76. The fourth-order valence-corrected chi connectivity index (χ4v) is 3.10. The average molecular weight is 302 g/mol. The van der Waals surface area contributed by atoms with Crippen molar-refractivity contribution in [1.29, 1.82) is 0 Å². The van der Waals surface area contributed by atoms with Crippen LogP contribution in [0.1, 0.15) is 17.0 Å². The zero-order chi connectivity index (χ0) is 14.9. The molecule has 8 heteroatoms. The Labute approximate surface area is 114 Å². The molecule has 2 aromatic rings. The summed E-state index contributed by atoms with van der Waals surface area (Å²) in [5, 5.41) is 3.56. The molecule has 0 saturated heterocycles. The summed E-state index contributed by atoms with van der Waals surface area (Å²) in [5.74, 6) is -1.85.